The Labute approximate surface area is 184 Å². The quantitative estimate of drug-likeness (QED) is 0.219. The number of hydroxylamine groups is 1. The Hall–Kier alpha value is -3.30. The second-order valence-electron chi connectivity index (χ2n) is 6.50. The van der Waals surface area contributed by atoms with Crippen LogP contribution >= 0.6 is 11.6 Å². The normalized spacial score (nSPS) is 13.9. The molecule has 0 saturated heterocycles. The molecule has 0 bridgehead atoms. The summed E-state index contributed by atoms with van der Waals surface area (Å²) in [6, 6.07) is 7.21. The molecule has 0 aliphatic carbocycles. The number of aliphatic imine (C=N–C) groups is 1. The van der Waals surface area contributed by atoms with Crippen molar-refractivity contribution in [3.63, 3.8) is 0 Å². The number of carbonyl (C=O) groups is 2. The van der Waals surface area contributed by atoms with Crippen molar-refractivity contribution in [1.29, 1.82) is 0 Å². The summed E-state index contributed by atoms with van der Waals surface area (Å²) in [5.41, 5.74) is 3.12. The summed E-state index contributed by atoms with van der Waals surface area (Å²) in [6.45, 7) is 3.53. The number of nitrogens with zero attached hydrogens (tertiary/aromatic N) is 3. The zero-order valence-corrected chi connectivity index (χ0v) is 18.3. The summed E-state index contributed by atoms with van der Waals surface area (Å²) in [7, 11) is 2.31. The fraction of sp³-hybridized carbons (Fsp3) is 0.286. The van der Waals surface area contributed by atoms with Gasteiger partial charge in [0, 0.05) is 29.3 Å². The van der Waals surface area contributed by atoms with Crippen LogP contribution in [0.15, 0.2) is 53.4 Å². The molecular formula is C21H23ClN4O5. The topological polar surface area (TPSA) is 123 Å². The van der Waals surface area contributed by atoms with Crippen LogP contribution in [0.1, 0.15) is 29.8 Å². The Morgan fingerprint density at radius 2 is 1.84 bits per heavy atom. The van der Waals surface area contributed by atoms with Crippen LogP contribution in [-0.4, -0.2) is 47.2 Å². The Balaban J connectivity index is 2.61. The summed E-state index contributed by atoms with van der Waals surface area (Å²) in [5.74, 6) is -2.09. The molecule has 0 radical (unpaired) electrons. The predicted octanol–water partition coefficient (Wildman–Crippen LogP) is 2.81. The van der Waals surface area contributed by atoms with Crippen LogP contribution in [0.5, 0.6) is 0 Å². The number of carbonyl (C=O) groups excluding carboxylic acids is 2. The summed E-state index contributed by atoms with van der Waals surface area (Å²) in [4.78, 5) is 36.4. The van der Waals surface area contributed by atoms with E-state index in [9.17, 15) is 14.8 Å². The van der Waals surface area contributed by atoms with E-state index in [1.807, 2.05) is 17.6 Å². The first kappa shape index (κ1) is 24.0. The molecule has 2 N–H and O–H groups in total. The third kappa shape index (κ3) is 6.09. The van der Waals surface area contributed by atoms with Gasteiger partial charge in [-0.25, -0.2) is 24.5 Å². The van der Waals surface area contributed by atoms with E-state index >= 15 is 0 Å². The molecule has 9 nitrogen and oxygen atoms in total. The molecular weight excluding hydrogens is 424 g/mol. The fourth-order valence-electron chi connectivity index (χ4n) is 2.96. The lowest BCUT2D eigenvalue weighted by atomic mass is 9.82. The Morgan fingerprint density at radius 1 is 1.19 bits per heavy atom. The van der Waals surface area contributed by atoms with Gasteiger partial charge >= 0.3 is 11.9 Å². The molecule has 2 atom stereocenters. The van der Waals surface area contributed by atoms with Gasteiger partial charge in [0.25, 0.3) is 0 Å². The highest BCUT2D eigenvalue weighted by molar-refractivity contribution is 6.31. The number of nitrogens with one attached hydrogen (secondary N) is 1. The maximum atomic E-state index is 12.1. The first-order valence-corrected chi connectivity index (χ1v) is 9.59. The third-order valence-electron chi connectivity index (χ3n) is 4.54. The van der Waals surface area contributed by atoms with Crippen molar-refractivity contribution in [3.05, 3.63) is 70.4 Å². The first-order valence-electron chi connectivity index (χ1n) is 9.22. The van der Waals surface area contributed by atoms with E-state index in [4.69, 9.17) is 11.6 Å². The van der Waals surface area contributed by atoms with Crippen LogP contribution in [-0.2, 0) is 19.1 Å². The predicted molar refractivity (Wildman–Crippen MR) is 114 cm³/mol. The molecule has 1 aromatic heterocycles. The van der Waals surface area contributed by atoms with Crippen molar-refractivity contribution in [3.8, 4) is 0 Å². The SMILES string of the molecule is COC(=O)/C=C(/N=C(NO)C(C)C(c1cnc(C)nc1)c1ccccc1Cl)C(=O)OC. The third-order valence-corrected chi connectivity index (χ3v) is 4.88. The summed E-state index contributed by atoms with van der Waals surface area (Å²) in [6.07, 6.45) is 4.19. The minimum absolute atomic E-state index is 0.00829. The average Bonchev–Trinajstić information content (AvgIpc) is 2.78. The van der Waals surface area contributed by atoms with Crippen LogP contribution in [0.3, 0.4) is 0 Å². The summed E-state index contributed by atoms with van der Waals surface area (Å²) in [5, 5.41) is 10.3. The number of aryl methyl sites for hydroxylation is 1. The molecule has 0 amide bonds. The van der Waals surface area contributed by atoms with Crippen molar-refractivity contribution in [2.45, 2.75) is 19.8 Å². The Morgan fingerprint density at radius 3 is 2.39 bits per heavy atom. The van der Waals surface area contributed by atoms with Gasteiger partial charge in [-0.15, -0.1) is 0 Å². The fourth-order valence-corrected chi connectivity index (χ4v) is 3.21. The highest BCUT2D eigenvalue weighted by Crippen LogP contribution is 2.36. The molecule has 0 aliphatic rings. The lowest BCUT2D eigenvalue weighted by Crippen LogP contribution is -2.32. The second-order valence-corrected chi connectivity index (χ2v) is 6.91. The van der Waals surface area contributed by atoms with Crippen molar-refractivity contribution in [2.24, 2.45) is 10.9 Å². The minimum Gasteiger partial charge on any atom is -0.466 e. The number of esters is 2. The molecule has 2 rings (SSSR count). The van der Waals surface area contributed by atoms with Gasteiger partial charge in [0.1, 0.15) is 11.7 Å². The molecule has 0 saturated carbocycles. The van der Waals surface area contributed by atoms with Gasteiger partial charge in [-0.2, -0.15) is 0 Å². The lowest BCUT2D eigenvalue weighted by molar-refractivity contribution is -0.138. The standard InChI is InChI=1S/C21H23ClN4O5/c1-12(20(26-29)25-17(21(28)31-4)9-18(27)30-3)19(14-10-23-13(2)24-11-14)15-7-5-6-8-16(15)22/h5-12,19,29H,1-4H3,(H,25,26)/b17-9+. The van der Waals surface area contributed by atoms with Gasteiger partial charge < -0.3 is 9.47 Å². The van der Waals surface area contributed by atoms with E-state index in [1.165, 1.54) is 0 Å². The molecule has 1 heterocycles. The Bertz CT molecular complexity index is 992. The van der Waals surface area contributed by atoms with Gasteiger partial charge in [-0.1, -0.05) is 36.7 Å². The number of hydrogen-bond acceptors (Lipinski definition) is 8. The lowest BCUT2D eigenvalue weighted by Gasteiger charge is -2.26. The average molecular weight is 447 g/mol. The minimum atomic E-state index is -0.877. The maximum absolute atomic E-state index is 12.1. The number of methoxy groups -OCH3 is 2. The molecule has 1 aromatic carbocycles. The smallest absolute Gasteiger partial charge is 0.356 e. The molecule has 164 valence electrons. The van der Waals surface area contributed by atoms with Gasteiger partial charge in [0.05, 0.1) is 20.3 Å². The van der Waals surface area contributed by atoms with Gasteiger partial charge in [0.15, 0.2) is 5.70 Å². The van der Waals surface area contributed by atoms with Gasteiger partial charge in [-0.3, -0.25) is 10.7 Å². The summed E-state index contributed by atoms with van der Waals surface area (Å²) >= 11 is 6.45. The van der Waals surface area contributed by atoms with Gasteiger partial charge in [-0.05, 0) is 24.1 Å². The van der Waals surface area contributed by atoms with Crippen LogP contribution in [0, 0.1) is 12.8 Å². The molecule has 0 fully saturated rings. The van der Waals surface area contributed by atoms with Crippen LogP contribution < -0.4 is 5.48 Å². The number of rotatable bonds is 7. The molecule has 0 aliphatic heterocycles. The van der Waals surface area contributed by atoms with E-state index in [1.54, 1.807) is 38.4 Å². The molecule has 10 heteroatoms. The highest BCUT2D eigenvalue weighted by Gasteiger charge is 2.29. The zero-order valence-electron chi connectivity index (χ0n) is 17.5. The highest BCUT2D eigenvalue weighted by atomic mass is 35.5. The van der Waals surface area contributed by atoms with Gasteiger partial charge in [0.2, 0.25) is 0 Å². The van der Waals surface area contributed by atoms with E-state index in [2.05, 4.69) is 24.4 Å². The number of aromatic nitrogens is 2. The summed E-state index contributed by atoms with van der Waals surface area (Å²) < 4.78 is 9.23. The molecule has 2 aromatic rings. The first-order chi connectivity index (χ1) is 14.8. The number of benzene rings is 1. The Kier molecular flexibility index (Phi) is 8.65. The zero-order chi connectivity index (χ0) is 23.0. The molecule has 0 spiro atoms. The van der Waals surface area contributed by atoms with Crippen LogP contribution in [0.25, 0.3) is 0 Å². The van der Waals surface area contributed by atoms with Crippen molar-refractivity contribution in [2.75, 3.05) is 14.2 Å². The van der Waals surface area contributed by atoms with Crippen LogP contribution in [0.2, 0.25) is 5.02 Å². The largest absolute Gasteiger partial charge is 0.466 e. The number of amidine groups is 1. The van der Waals surface area contributed by atoms with Crippen molar-refractivity contribution in [1.82, 2.24) is 15.4 Å². The van der Waals surface area contributed by atoms with E-state index in [-0.39, 0.29) is 11.5 Å². The maximum Gasteiger partial charge on any atom is 0.356 e. The van der Waals surface area contributed by atoms with Crippen molar-refractivity contribution < 1.29 is 24.3 Å². The van der Waals surface area contributed by atoms with E-state index in [0.717, 1.165) is 25.9 Å². The van der Waals surface area contributed by atoms with E-state index in [0.29, 0.717) is 16.4 Å². The number of ether oxygens (including phenoxy) is 2. The van der Waals surface area contributed by atoms with Crippen LogP contribution in [0.4, 0.5) is 0 Å². The van der Waals surface area contributed by atoms with E-state index < -0.39 is 23.8 Å². The number of hydrogen-bond donors (Lipinski definition) is 2. The second kappa shape index (κ2) is 11.2. The molecule has 2 unspecified atom stereocenters. The monoisotopic (exact) mass is 446 g/mol. The molecule has 31 heavy (non-hydrogen) atoms. The number of halogens is 1. The van der Waals surface area contributed by atoms with Crippen molar-refractivity contribution >= 4 is 29.4 Å².